The summed E-state index contributed by atoms with van der Waals surface area (Å²) in [5.41, 5.74) is 1.84. The van der Waals surface area contributed by atoms with Crippen molar-refractivity contribution in [3.8, 4) is 0 Å². The molecule has 1 aliphatic heterocycles. The first-order valence-corrected chi connectivity index (χ1v) is 5.44. The van der Waals surface area contributed by atoms with Crippen LogP contribution in [0.1, 0.15) is 24.5 Å². The first kappa shape index (κ1) is 9.60. The number of hydrogen-bond acceptors (Lipinski definition) is 3. The second-order valence-corrected chi connectivity index (χ2v) is 4.04. The summed E-state index contributed by atoms with van der Waals surface area (Å²) < 4.78 is 11.1. The zero-order valence-electron chi connectivity index (χ0n) is 8.81. The summed E-state index contributed by atoms with van der Waals surface area (Å²) in [6, 6.07) is 7.81. The third kappa shape index (κ3) is 1.53. The summed E-state index contributed by atoms with van der Waals surface area (Å²) in [6.07, 6.45) is 2.56. The number of Topliss-reactive ketones (excluding diaryl/α,β-unsaturated/α-hetero) is 1. The van der Waals surface area contributed by atoms with Crippen molar-refractivity contribution in [1.82, 2.24) is 0 Å². The molecule has 1 atom stereocenters. The lowest BCUT2D eigenvalue weighted by molar-refractivity contribution is -0.128. The van der Waals surface area contributed by atoms with Gasteiger partial charge in [-0.05, 0) is 6.07 Å². The fourth-order valence-electron chi connectivity index (χ4n) is 2.13. The molecule has 0 amide bonds. The summed E-state index contributed by atoms with van der Waals surface area (Å²) in [6.45, 7) is 0.517. The lowest BCUT2D eigenvalue weighted by atomic mass is 10.00. The first-order chi connectivity index (χ1) is 7.84. The van der Waals surface area contributed by atoms with Crippen LogP contribution < -0.4 is 0 Å². The number of furan rings is 1. The number of rotatable bonds is 1. The number of benzene rings is 1. The monoisotopic (exact) mass is 216 g/mol. The third-order valence-corrected chi connectivity index (χ3v) is 2.97. The molecule has 82 valence electrons. The molecule has 3 nitrogen and oxygen atoms in total. The van der Waals surface area contributed by atoms with Gasteiger partial charge >= 0.3 is 0 Å². The Kier molecular flexibility index (Phi) is 2.26. The van der Waals surface area contributed by atoms with Gasteiger partial charge in [0, 0.05) is 23.8 Å². The highest BCUT2D eigenvalue weighted by Gasteiger charge is 2.24. The number of fused-ring (bicyclic) bond motifs is 1. The second kappa shape index (κ2) is 3.76. The molecule has 2 aromatic rings. The number of carbonyl (C=O) groups is 1. The van der Waals surface area contributed by atoms with Crippen LogP contribution in [0.3, 0.4) is 0 Å². The maximum atomic E-state index is 11.4. The van der Waals surface area contributed by atoms with Gasteiger partial charge in [0.25, 0.3) is 0 Å². The molecule has 16 heavy (non-hydrogen) atoms. The number of para-hydroxylation sites is 1. The van der Waals surface area contributed by atoms with Crippen LogP contribution in [0.25, 0.3) is 11.0 Å². The zero-order chi connectivity index (χ0) is 11.0. The molecule has 1 aromatic carbocycles. The van der Waals surface area contributed by atoms with Crippen molar-refractivity contribution < 1.29 is 13.9 Å². The molecular formula is C13H12O3. The molecule has 3 rings (SSSR count). The minimum Gasteiger partial charge on any atom is -0.464 e. The fourth-order valence-corrected chi connectivity index (χ4v) is 2.13. The maximum absolute atomic E-state index is 11.4. The molecule has 1 aromatic heterocycles. The highest BCUT2D eigenvalue weighted by atomic mass is 16.5. The zero-order valence-corrected chi connectivity index (χ0v) is 8.81. The average Bonchev–Trinajstić information content (AvgIpc) is 2.72. The molecule has 1 fully saturated rings. The summed E-state index contributed by atoms with van der Waals surface area (Å²) in [7, 11) is 0. The molecule has 0 bridgehead atoms. The van der Waals surface area contributed by atoms with Crippen LogP contribution in [-0.4, -0.2) is 12.4 Å². The Balaban J connectivity index is 2.02. The lowest BCUT2D eigenvalue weighted by Gasteiger charge is -2.20. The normalized spacial score (nSPS) is 21.5. The van der Waals surface area contributed by atoms with Crippen molar-refractivity contribution in [2.75, 3.05) is 6.61 Å². The van der Waals surface area contributed by atoms with E-state index < -0.39 is 0 Å². The van der Waals surface area contributed by atoms with Gasteiger partial charge in [0.2, 0.25) is 0 Å². The van der Waals surface area contributed by atoms with Crippen LogP contribution in [-0.2, 0) is 9.53 Å². The summed E-state index contributed by atoms with van der Waals surface area (Å²) >= 11 is 0. The summed E-state index contributed by atoms with van der Waals surface area (Å²) in [4.78, 5) is 11.4. The van der Waals surface area contributed by atoms with E-state index in [1.807, 2.05) is 24.3 Å². The number of hydrogen-bond donors (Lipinski definition) is 0. The quantitative estimate of drug-likeness (QED) is 0.735. The van der Waals surface area contributed by atoms with Gasteiger partial charge in [-0.15, -0.1) is 0 Å². The number of ketones is 1. The molecule has 0 N–H and O–H groups in total. The molecule has 0 radical (unpaired) electrons. The predicted octanol–water partition coefficient (Wildman–Crippen LogP) is 2.85. The Morgan fingerprint density at radius 3 is 3.00 bits per heavy atom. The van der Waals surface area contributed by atoms with Gasteiger partial charge in [-0.25, -0.2) is 0 Å². The van der Waals surface area contributed by atoms with Crippen LogP contribution in [0.2, 0.25) is 0 Å². The Morgan fingerprint density at radius 1 is 1.25 bits per heavy atom. The predicted molar refractivity (Wildman–Crippen MR) is 59.1 cm³/mol. The standard InChI is InChI=1S/C13H12O3/c14-9-5-6-15-13(7-9)11-8-16-12-4-2-1-3-10(11)12/h1-4,8,13H,5-7H2. The van der Waals surface area contributed by atoms with Gasteiger partial charge in [0.1, 0.15) is 11.4 Å². The third-order valence-electron chi connectivity index (χ3n) is 2.97. The largest absolute Gasteiger partial charge is 0.464 e. The molecule has 1 unspecified atom stereocenters. The minimum atomic E-state index is -0.134. The van der Waals surface area contributed by atoms with E-state index in [4.69, 9.17) is 9.15 Å². The summed E-state index contributed by atoms with van der Waals surface area (Å²) in [5.74, 6) is 0.265. The molecule has 1 aliphatic rings. The van der Waals surface area contributed by atoms with E-state index in [0.717, 1.165) is 16.5 Å². The van der Waals surface area contributed by atoms with Crippen molar-refractivity contribution >= 4 is 16.8 Å². The van der Waals surface area contributed by atoms with Crippen molar-refractivity contribution in [2.24, 2.45) is 0 Å². The lowest BCUT2D eigenvalue weighted by Crippen LogP contribution is -2.19. The van der Waals surface area contributed by atoms with Crippen LogP contribution in [0, 0.1) is 0 Å². The van der Waals surface area contributed by atoms with Crippen molar-refractivity contribution in [1.29, 1.82) is 0 Å². The Labute approximate surface area is 93.0 Å². The van der Waals surface area contributed by atoms with Gasteiger partial charge in [-0.1, -0.05) is 18.2 Å². The van der Waals surface area contributed by atoms with Gasteiger partial charge < -0.3 is 9.15 Å². The molecular weight excluding hydrogens is 204 g/mol. The SMILES string of the molecule is O=C1CCOC(c2coc3ccccc23)C1. The van der Waals surface area contributed by atoms with Crippen LogP contribution in [0.15, 0.2) is 34.9 Å². The van der Waals surface area contributed by atoms with Crippen molar-refractivity contribution in [3.05, 3.63) is 36.1 Å². The number of ether oxygens (including phenoxy) is 1. The van der Waals surface area contributed by atoms with Gasteiger partial charge in [-0.3, -0.25) is 4.79 Å². The maximum Gasteiger partial charge on any atom is 0.138 e. The fraction of sp³-hybridized carbons (Fsp3) is 0.308. The van der Waals surface area contributed by atoms with E-state index >= 15 is 0 Å². The van der Waals surface area contributed by atoms with E-state index in [1.165, 1.54) is 0 Å². The smallest absolute Gasteiger partial charge is 0.138 e. The Hall–Kier alpha value is -1.61. The Bertz CT molecular complexity index is 527. The van der Waals surface area contributed by atoms with E-state index in [0.29, 0.717) is 19.4 Å². The molecule has 0 aliphatic carbocycles. The van der Waals surface area contributed by atoms with Gasteiger partial charge in [0.15, 0.2) is 0 Å². The Morgan fingerprint density at radius 2 is 2.12 bits per heavy atom. The van der Waals surface area contributed by atoms with Crippen LogP contribution >= 0.6 is 0 Å². The minimum absolute atomic E-state index is 0.134. The molecule has 1 saturated heterocycles. The molecule has 0 saturated carbocycles. The molecule has 3 heteroatoms. The van der Waals surface area contributed by atoms with Gasteiger partial charge in [0.05, 0.1) is 19.0 Å². The van der Waals surface area contributed by atoms with E-state index in [-0.39, 0.29) is 11.9 Å². The second-order valence-electron chi connectivity index (χ2n) is 4.04. The van der Waals surface area contributed by atoms with E-state index in [9.17, 15) is 4.79 Å². The first-order valence-electron chi connectivity index (χ1n) is 5.44. The highest BCUT2D eigenvalue weighted by molar-refractivity contribution is 5.84. The van der Waals surface area contributed by atoms with Crippen LogP contribution in [0.5, 0.6) is 0 Å². The number of carbonyl (C=O) groups excluding carboxylic acids is 1. The molecule has 0 spiro atoms. The van der Waals surface area contributed by atoms with Crippen LogP contribution in [0.4, 0.5) is 0 Å². The topological polar surface area (TPSA) is 39.4 Å². The summed E-state index contributed by atoms with van der Waals surface area (Å²) in [5, 5.41) is 1.04. The van der Waals surface area contributed by atoms with Gasteiger partial charge in [-0.2, -0.15) is 0 Å². The van der Waals surface area contributed by atoms with E-state index in [2.05, 4.69) is 0 Å². The van der Waals surface area contributed by atoms with Crippen molar-refractivity contribution in [3.63, 3.8) is 0 Å². The average molecular weight is 216 g/mol. The highest BCUT2D eigenvalue weighted by Crippen LogP contribution is 2.32. The van der Waals surface area contributed by atoms with Crippen molar-refractivity contribution in [2.45, 2.75) is 18.9 Å². The molecule has 2 heterocycles. The van der Waals surface area contributed by atoms with E-state index in [1.54, 1.807) is 6.26 Å².